The first-order valence-corrected chi connectivity index (χ1v) is 4.49. The number of piperidine rings is 1. The Hall–Kier alpha value is -0.110. The Morgan fingerprint density at radius 2 is 2.09 bits per heavy atom. The molecule has 0 bridgehead atoms. The lowest BCUT2D eigenvalue weighted by molar-refractivity contribution is 0.0730. The van der Waals surface area contributed by atoms with Crippen molar-refractivity contribution in [3.8, 4) is 0 Å². The summed E-state index contributed by atoms with van der Waals surface area (Å²) >= 11 is 0. The number of alkyl halides is 1. The molecule has 1 rings (SSSR count). The molecule has 0 aromatic carbocycles. The maximum absolute atomic E-state index is 13.1. The maximum Gasteiger partial charge on any atom is 0.115 e. The fourth-order valence-electron chi connectivity index (χ4n) is 1.51. The summed E-state index contributed by atoms with van der Waals surface area (Å²) in [5.41, 5.74) is 0. The van der Waals surface area contributed by atoms with Crippen LogP contribution in [0.15, 0.2) is 0 Å². The highest BCUT2D eigenvalue weighted by Gasteiger charge is 2.26. The van der Waals surface area contributed by atoms with Crippen LogP contribution < -0.4 is 0 Å². The Balaban J connectivity index is 2.40. The molecule has 0 unspecified atom stereocenters. The van der Waals surface area contributed by atoms with Crippen LogP contribution in [0.25, 0.3) is 0 Å². The van der Waals surface area contributed by atoms with Gasteiger partial charge in [-0.25, -0.2) is 4.39 Å². The molecular formula is C9H18FN. The van der Waals surface area contributed by atoms with Crippen molar-refractivity contribution in [2.75, 3.05) is 13.1 Å². The van der Waals surface area contributed by atoms with Crippen molar-refractivity contribution in [3.05, 3.63) is 0 Å². The van der Waals surface area contributed by atoms with Crippen LogP contribution in [0.2, 0.25) is 0 Å². The van der Waals surface area contributed by atoms with Crippen LogP contribution in [0.3, 0.4) is 0 Å². The van der Waals surface area contributed by atoms with Crippen molar-refractivity contribution in [2.24, 2.45) is 5.92 Å². The molecule has 1 nitrogen and oxygen atoms in total. The molecule has 66 valence electrons. The van der Waals surface area contributed by atoms with Crippen LogP contribution in [0.1, 0.15) is 27.2 Å². The van der Waals surface area contributed by atoms with Gasteiger partial charge in [0.2, 0.25) is 0 Å². The molecule has 11 heavy (non-hydrogen) atoms. The summed E-state index contributed by atoms with van der Waals surface area (Å²) in [6.07, 6.45) is 0.408. The quantitative estimate of drug-likeness (QED) is 0.566. The van der Waals surface area contributed by atoms with Gasteiger partial charge in [0.25, 0.3) is 0 Å². The first kappa shape index (κ1) is 8.98. The SMILES string of the molecule is CC(C)N1CC[C@@H](C)[C@@H](F)C1. The lowest BCUT2D eigenvalue weighted by Crippen LogP contribution is -2.44. The Kier molecular flexibility index (Phi) is 2.88. The lowest BCUT2D eigenvalue weighted by atomic mass is 9.96. The topological polar surface area (TPSA) is 3.24 Å². The van der Waals surface area contributed by atoms with E-state index in [1.165, 1.54) is 0 Å². The van der Waals surface area contributed by atoms with E-state index in [0.29, 0.717) is 12.6 Å². The largest absolute Gasteiger partial charge is 0.298 e. The van der Waals surface area contributed by atoms with Crippen LogP contribution in [0.4, 0.5) is 4.39 Å². The summed E-state index contributed by atoms with van der Waals surface area (Å²) in [6.45, 7) is 7.96. The third-order valence-corrected chi connectivity index (χ3v) is 2.63. The molecule has 2 atom stereocenters. The van der Waals surface area contributed by atoms with Crippen molar-refractivity contribution < 1.29 is 4.39 Å². The van der Waals surface area contributed by atoms with Crippen LogP contribution in [0, 0.1) is 5.92 Å². The zero-order valence-corrected chi connectivity index (χ0v) is 7.68. The van der Waals surface area contributed by atoms with Gasteiger partial charge in [-0.05, 0) is 32.7 Å². The highest BCUT2D eigenvalue weighted by molar-refractivity contribution is 4.79. The number of nitrogens with zero attached hydrogens (tertiary/aromatic N) is 1. The minimum Gasteiger partial charge on any atom is -0.298 e. The molecule has 1 aliphatic heterocycles. The van der Waals surface area contributed by atoms with Crippen LogP contribution in [-0.2, 0) is 0 Å². The number of likely N-dealkylation sites (tertiary alicyclic amines) is 1. The number of hydrogen-bond acceptors (Lipinski definition) is 1. The molecule has 0 spiro atoms. The molecule has 1 aliphatic rings. The molecule has 1 saturated heterocycles. The van der Waals surface area contributed by atoms with Crippen LogP contribution >= 0.6 is 0 Å². The predicted molar refractivity (Wildman–Crippen MR) is 45.4 cm³/mol. The lowest BCUT2D eigenvalue weighted by Gasteiger charge is -2.35. The average Bonchev–Trinajstić information content (AvgIpc) is 1.94. The summed E-state index contributed by atoms with van der Waals surface area (Å²) < 4.78 is 13.1. The van der Waals surface area contributed by atoms with Crippen molar-refractivity contribution >= 4 is 0 Å². The molecule has 0 amide bonds. The van der Waals surface area contributed by atoms with Crippen LogP contribution in [-0.4, -0.2) is 30.2 Å². The molecule has 0 saturated carbocycles. The summed E-state index contributed by atoms with van der Waals surface area (Å²) in [5, 5.41) is 0. The van der Waals surface area contributed by atoms with E-state index in [1.807, 2.05) is 6.92 Å². The summed E-state index contributed by atoms with van der Waals surface area (Å²) in [6, 6.07) is 0.501. The van der Waals surface area contributed by atoms with Gasteiger partial charge in [0.05, 0.1) is 0 Å². The average molecular weight is 159 g/mol. The second kappa shape index (κ2) is 3.53. The zero-order valence-electron chi connectivity index (χ0n) is 7.68. The molecule has 0 N–H and O–H groups in total. The third-order valence-electron chi connectivity index (χ3n) is 2.63. The normalized spacial score (nSPS) is 34.6. The first-order valence-electron chi connectivity index (χ1n) is 4.49. The third kappa shape index (κ3) is 2.16. The molecule has 0 aromatic rings. The Bertz CT molecular complexity index is 125. The van der Waals surface area contributed by atoms with Gasteiger partial charge in [0.15, 0.2) is 0 Å². The first-order chi connectivity index (χ1) is 5.11. The molecule has 2 heteroatoms. The summed E-state index contributed by atoms with van der Waals surface area (Å²) in [7, 11) is 0. The number of hydrogen-bond donors (Lipinski definition) is 0. The van der Waals surface area contributed by atoms with E-state index in [-0.39, 0.29) is 5.92 Å². The van der Waals surface area contributed by atoms with Gasteiger partial charge in [-0.2, -0.15) is 0 Å². The van der Waals surface area contributed by atoms with Gasteiger partial charge in [-0.15, -0.1) is 0 Å². The second-order valence-corrected chi connectivity index (χ2v) is 3.87. The van der Waals surface area contributed by atoms with Gasteiger partial charge in [-0.3, -0.25) is 4.90 Å². The number of halogens is 1. The highest BCUT2D eigenvalue weighted by Crippen LogP contribution is 2.20. The fraction of sp³-hybridized carbons (Fsp3) is 1.00. The van der Waals surface area contributed by atoms with Gasteiger partial charge in [-0.1, -0.05) is 6.92 Å². The minimum atomic E-state index is -0.605. The molecule has 1 heterocycles. The van der Waals surface area contributed by atoms with Crippen LogP contribution in [0.5, 0.6) is 0 Å². The Morgan fingerprint density at radius 3 is 2.55 bits per heavy atom. The van der Waals surface area contributed by atoms with Gasteiger partial charge < -0.3 is 0 Å². The molecule has 0 aliphatic carbocycles. The zero-order chi connectivity index (χ0) is 8.43. The minimum absolute atomic E-state index is 0.269. The molecule has 0 aromatic heterocycles. The Morgan fingerprint density at radius 1 is 1.45 bits per heavy atom. The molecular weight excluding hydrogens is 141 g/mol. The van der Waals surface area contributed by atoms with E-state index in [4.69, 9.17) is 0 Å². The fourth-order valence-corrected chi connectivity index (χ4v) is 1.51. The Labute approximate surface area is 68.6 Å². The van der Waals surface area contributed by atoms with E-state index in [2.05, 4.69) is 18.7 Å². The predicted octanol–water partition coefficient (Wildman–Crippen LogP) is 2.07. The van der Waals surface area contributed by atoms with E-state index in [1.54, 1.807) is 0 Å². The van der Waals surface area contributed by atoms with Crippen molar-refractivity contribution in [2.45, 2.75) is 39.4 Å². The molecule has 1 fully saturated rings. The van der Waals surface area contributed by atoms with Crippen molar-refractivity contribution in [1.82, 2.24) is 4.90 Å². The van der Waals surface area contributed by atoms with Gasteiger partial charge >= 0.3 is 0 Å². The van der Waals surface area contributed by atoms with Gasteiger partial charge in [0.1, 0.15) is 6.17 Å². The van der Waals surface area contributed by atoms with Crippen molar-refractivity contribution in [3.63, 3.8) is 0 Å². The smallest absolute Gasteiger partial charge is 0.115 e. The van der Waals surface area contributed by atoms with E-state index in [9.17, 15) is 4.39 Å². The molecule has 0 radical (unpaired) electrons. The van der Waals surface area contributed by atoms with E-state index < -0.39 is 6.17 Å². The number of rotatable bonds is 1. The van der Waals surface area contributed by atoms with E-state index >= 15 is 0 Å². The second-order valence-electron chi connectivity index (χ2n) is 3.87. The highest BCUT2D eigenvalue weighted by atomic mass is 19.1. The van der Waals surface area contributed by atoms with Crippen molar-refractivity contribution in [1.29, 1.82) is 0 Å². The standard InChI is InChI=1S/C9H18FN/c1-7(2)11-5-4-8(3)9(10)6-11/h7-9H,4-6H2,1-3H3/t8-,9+/m1/s1. The van der Waals surface area contributed by atoms with Gasteiger partial charge in [0, 0.05) is 12.6 Å². The van der Waals surface area contributed by atoms with E-state index in [0.717, 1.165) is 13.0 Å². The summed E-state index contributed by atoms with van der Waals surface area (Å²) in [5.74, 6) is 0.269. The summed E-state index contributed by atoms with van der Waals surface area (Å²) in [4.78, 5) is 2.21. The maximum atomic E-state index is 13.1. The monoisotopic (exact) mass is 159 g/mol.